The van der Waals surface area contributed by atoms with E-state index in [9.17, 15) is 15.8 Å². The van der Waals surface area contributed by atoms with Gasteiger partial charge in [0.25, 0.3) is 0 Å². The highest BCUT2D eigenvalue weighted by Gasteiger charge is 2.80. The van der Waals surface area contributed by atoms with E-state index in [1.165, 1.54) is 0 Å². The highest BCUT2D eigenvalue weighted by Crippen LogP contribution is 2.69. The minimum atomic E-state index is -1.82. The molecule has 2 bridgehead atoms. The Balaban J connectivity index is 1.96. The number of nitrogens with zero attached hydrogens (tertiary/aromatic N) is 3. The summed E-state index contributed by atoms with van der Waals surface area (Å²) in [6.45, 7) is 0. The maximum absolute atomic E-state index is 10.2. The second-order valence-electron chi connectivity index (χ2n) is 7.26. The molecule has 7 heteroatoms. The topological polar surface area (TPSA) is 123 Å². The van der Waals surface area contributed by atoms with Gasteiger partial charge in [-0.3, -0.25) is 5.41 Å². The molecule has 3 heterocycles. The van der Waals surface area contributed by atoms with Crippen molar-refractivity contribution in [1.82, 2.24) is 0 Å². The first-order valence-electron chi connectivity index (χ1n) is 8.87. The lowest BCUT2D eigenvalue weighted by Crippen LogP contribution is -2.73. The highest BCUT2D eigenvalue weighted by molar-refractivity contribution is 5.89. The van der Waals surface area contributed by atoms with Crippen LogP contribution in [0.15, 0.2) is 24.3 Å². The molecule has 0 aromatic heterocycles. The van der Waals surface area contributed by atoms with Crippen molar-refractivity contribution < 1.29 is 14.2 Å². The van der Waals surface area contributed by atoms with Crippen LogP contribution in [0.2, 0.25) is 0 Å². The van der Waals surface area contributed by atoms with E-state index in [4.69, 9.17) is 19.6 Å². The molecule has 1 saturated carbocycles. The highest BCUT2D eigenvalue weighted by atomic mass is 16.7. The number of hydrogen-bond donors (Lipinski definition) is 1. The molecule has 0 radical (unpaired) electrons. The summed E-state index contributed by atoms with van der Waals surface area (Å²) < 4.78 is 17.4. The summed E-state index contributed by atoms with van der Waals surface area (Å²) in [5.41, 5.74) is -2.92. The van der Waals surface area contributed by atoms with E-state index >= 15 is 0 Å². The average molecular weight is 362 g/mol. The van der Waals surface area contributed by atoms with Gasteiger partial charge in [0.1, 0.15) is 11.9 Å². The van der Waals surface area contributed by atoms with Gasteiger partial charge in [-0.25, -0.2) is 0 Å². The molecule has 27 heavy (non-hydrogen) atoms. The predicted molar refractivity (Wildman–Crippen MR) is 92.0 cm³/mol. The van der Waals surface area contributed by atoms with Gasteiger partial charge in [0, 0.05) is 6.42 Å². The lowest BCUT2D eigenvalue weighted by atomic mass is 9.48. The zero-order valence-electron chi connectivity index (χ0n) is 14.9. The van der Waals surface area contributed by atoms with Crippen LogP contribution in [0.25, 0.3) is 0 Å². The van der Waals surface area contributed by atoms with Crippen molar-refractivity contribution in [3.63, 3.8) is 0 Å². The van der Waals surface area contributed by atoms with Gasteiger partial charge in [-0.1, -0.05) is 18.6 Å². The van der Waals surface area contributed by atoms with E-state index in [1.807, 2.05) is 0 Å². The average Bonchev–Trinajstić information content (AvgIpc) is 2.72. The minimum absolute atomic E-state index is 0.349. The van der Waals surface area contributed by atoms with Crippen LogP contribution >= 0.6 is 0 Å². The fourth-order valence-electron chi connectivity index (χ4n) is 4.92. The smallest absolute Gasteiger partial charge is 0.218 e. The normalized spacial score (nSPS) is 35.7. The molecule has 3 saturated heterocycles. The van der Waals surface area contributed by atoms with Crippen LogP contribution in [0, 0.1) is 56.2 Å². The van der Waals surface area contributed by atoms with Gasteiger partial charge < -0.3 is 14.2 Å². The molecule has 136 valence electrons. The summed E-state index contributed by atoms with van der Waals surface area (Å²) in [7, 11) is 1.55. The maximum Gasteiger partial charge on any atom is 0.218 e. The zero-order chi connectivity index (χ0) is 19.3. The third kappa shape index (κ3) is 1.89. The summed E-state index contributed by atoms with van der Waals surface area (Å²) in [4.78, 5) is 0. The summed E-state index contributed by atoms with van der Waals surface area (Å²) in [5.74, 6) is -1.50. The van der Waals surface area contributed by atoms with Crippen molar-refractivity contribution in [2.45, 2.75) is 37.6 Å². The Kier molecular flexibility index (Phi) is 3.67. The van der Waals surface area contributed by atoms with E-state index in [1.54, 1.807) is 31.4 Å². The summed E-state index contributed by atoms with van der Waals surface area (Å²) >= 11 is 0. The lowest BCUT2D eigenvalue weighted by Gasteiger charge is -2.63. The largest absolute Gasteiger partial charge is 0.497 e. The molecule has 0 amide bonds. The Morgan fingerprint density at radius 1 is 1.11 bits per heavy atom. The van der Waals surface area contributed by atoms with Crippen molar-refractivity contribution >= 4 is 5.90 Å². The van der Waals surface area contributed by atoms with Gasteiger partial charge in [0.05, 0.1) is 31.2 Å². The second kappa shape index (κ2) is 5.71. The quantitative estimate of drug-likeness (QED) is 0.861. The van der Waals surface area contributed by atoms with Crippen molar-refractivity contribution in [1.29, 1.82) is 21.2 Å². The van der Waals surface area contributed by atoms with E-state index in [2.05, 4.69) is 18.2 Å². The summed E-state index contributed by atoms with van der Waals surface area (Å²) in [6.07, 6.45) is 1.73. The third-order valence-electron chi connectivity index (χ3n) is 6.23. The second-order valence-corrected chi connectivity index (χ2v) is 7.26. The van der Waals surface area contributed by atoms with Crippen molar-refractivity contribution in [2.75, 3.05) is 7.11 Å². The number of nitrogens with one attached hydrogen (secondary N) is 1. The number of methoxy groups -OCH3 is 1. The van der Waals surface area contributed by atoms with Crippen LogP contribution < -0.4 is 4.74 Å². The molecule has 1 spiro atoms. The molecular formula is C20H18N4O3. The van der Waals surface area contributed by atoms with Crippen molar-refractivity contribution in [3.8, 4) is 24.0 Å². The molecule has 4 atom stereocenters. The zero-order valence-corrected chi connectivity index (χ0v) is 14.9. The molecule has 1 aromatic rings. The van der Waals surface area contributed by atoms with Crippen LogP contribution in [0.4, 0.5) is 0 Å². The molecule has 3 aliphatic heterocycles. The SMILES string of the molecule is COc1ccc([C@@H]2O[C@]34CCCC[C@@H]3C(C#N)(C#N)[C@@]2(C#N)C(=N)O4)cc1. The Labute approximate surface area is 157 Å². The fourth-order valence-corrected chi connectivity index (χ4v) is 4.92. The molecule has 1 aliphatic carbocycles. The van der Waals surface area contributed by atoms with Gasteiger partial charge in [0.15, 0.2) is 10.8 Å². The van der Waals surface area contributed by atoms with Crippen molar-refractivity contribution in [2.24, 2.45) is 16.7 Å². The number of rotatable bonds is 2. The van der Waals surface area contributed by atoms with Crippen LogP contribution in [0.5, 0.6) is 5.75 Å². The molecule has 0 unspecified atom stereocenters. The minimum Gasteiger partial charge on any atom is -0.497 e. The molecule has 1 aromatic carbocycles. The van der Waals surface area contributed by atoms with Gasteiger partial charge in [-0.2, -0.15) is 15.8 Å². The van der Waals surface area contributed by atoms with E-state index in [0.717, 1.165) is 12.8 Å². The van der Waals surface area contributed by atoms with Crippen LogP contribution in [0.1, 0.15) is 37.4 Å². The third-order valence-corrected chi connectivity index (χ3v) is 6.23. The van der Waals surface area contributed by atoms with E-state index in [0.29, 0.717) is 24.2 Å². The molecule has 1 N–H and O–H groups in total. The molecule has 4 fully saturated rings. The Morgan fingerprint density at radius 2 is 1.81 bits per heavy atom. The van der Waals surface area contributed by atoms with Gasteiger partial charge in [-0.15, -0.1) is 0 Å². The number of ether oxygens (including phenoxy) is 3. The monoisotopic (exact) mass is 362 g/mol. The Morgan fingerprint density at radius 3 is 2.41 bits per heavy atom. The van der Waals surface area contributed by atoms with Gasteiger partial charge in [-0.05, 0) is 30.5 Å². The maximum atomic E-state index is 10.2. The first kappa shape index (κ1) is 17.3. The number of fused-ring (bicyclic) bond motifs is 2. The molecule has 5 rings (SSSR count). The summed E-state index contributed by atoms with van der Waals surface area (Å²) in [5, 5.41) is 38.9. The number of benzene rings is 1. The molecule has 7 nitrogen and oxygen atoms in total. The van der Waals surface area contributed by atoms with Crippen LogP contribution in [-0.4, -0.2) is 18.8 Å². The van der Waals surface area contributed by atoms with Crippen molar-refractivity contribution in [3.05, 3.63) is 29.8 Å². The molecule has 4 aliphatic rings. The van der Waals surface area contributed by atoms with Gasteiger partial charge in [0.2, 0.25) is 11.7 Å². The molecular weight excluding hydrogens is 344 g/mol. The van der Waals surface area contributed by atoms with E-state index in [-0.39, 0.29) is 5.90 Å². The lowest BCUT2D eigenvalue weighted by molar-refractivity contribution is -0.360. The predicted octanol–water partition coefficient (Wildman–Crippen LogP) is 3.20. The number of hydrogen-bond acceptors (Lipinski definition) is 7. The number of nitriles is 3. The Hall–Kier alpha value is -3.08. The van der Waals surface area contributed by atoms with Crippen LogP contribution in [-0.2, 0) is 9.47 Å². The Bertz CT molecular complexity index is 909. The summed E-state index contributed by atoms with van der Waals surface area (Å²) in [6, 6.07) is 13.3. The first-order valence-corrected chi connectivity index (χ1v) is 8.87. The first-order chi connectivity index (χ1) is 13.0. The fraction of sp³-hybridized carbons (Fsp3) is 0.500. The van der Waals surface area contributed by atoms with E-state index < -0.39 is 28.6 Å². The van der Waals surface area contributed by atoms with Crippen LogP contribution in [0.3, 0.4) is 0 Å². The standard InChI is InChI=1S/C20H18N4O3/c1-25-14-7-5-13(6-8-14)16-19(12-23)17(24)27-20(26-16)9-3-2-4-15(20)18(19,10-21)11-22/h5-8,15-16,24H,2-4,9H2,1H3/t15-,16+,19-,20+/m1/s1. The van der Waals surface area contributed by atoms with Gasteiger partial charge >= 0.3 is 0 Å².